The van der Waals surface area contributed by atoms with Crippen molar-refractivity contribution in [2.75, 3.05) is 26.3 Å². The molecule has 23 heavy (non-hydrogen) atoms. The molecular formula is C18H22N2O3. The van der Waals surface area contributed by atoms with Crippen molar-refractivity contribution in [2.24, 2.45) is 5.92 Å². The fourth-order valence-electron chi connectivity index (χ4n) is 3.22. The summed E-state index contributed by atoms with van der Waals surface area (Å²) in [5.74, 6) is 0.422. The van der Waals surface area contributed by atoms with Gasteiger partial charge >= 0.3 is 0 Å². The summed E-state index contributed by atoms with van der Waals surface area (Å²) in [4.78, 5) is 25.1. The lowest BCUT2D eigenvalue weighted by atomic mass is 9.98. The van der Waals surface area contributed by atoms with Crippen LogP contribution >= 0.6 is 0 Å². The van der Waals surface area contributed by atoms with Crippen molar-refractivity contribution in [2.45, 2.75) is 20.3 Å². The van der Waals surface area contributed by atoms with Crippen molar-refractivity contribution in [1.29, 1.82) is 0 Å². The van der Waals surface area contributed by atoms with E-state index in [0.29, 0.717) is 25.7 Å². The van der Waals surface area contributed by atoms with Gasteiger partial charge in [0, 0.05) is 44.4 Å². The van der Waals surface area contributed by atoms with E-state index in [1.54, 1.807) is 18.4 Å². The molecular weight excluding hydrogens is 292 g/mol. The van der Waals surface area contributed by atoms with Gasteiger partial charge in [-0.1, -0.05) is 6.07 Å². The minimum Gasteiger partial charge on any atom is -0.379 e. The van der Waals surface area contributed by atoms with Gasteiger partial charge in [-0.05, 0) is 30.2 Å². The molecule has 1 saturated heterocycles. The van der Waals surface area contributed by atoms with E-state index < -0.39 is 0 Å². The molecule has 1 fully saturated rings. The van der Waals surface area contributed by atoms with Gasteiger partial charge in [0.25, 0.3) is 0 Å². The van der Waals surface area contributed by atoms with Crippen molar-refractivity contribution in [3.05, 3.63) is 36.0 Å². The summed E-state index contributed by atoms with van der Waals surface area (Å²) in [5.41, 5.74) is 2.14. The van der Waals surface area contributed by atoms with Crippen LogP contribution in [0.5, 0.6) is 0 Å². The second kappa shape index (κ2) is 6.54. The van der Waals surface area contributed by atoms with Crippen molar-refractivity contribution in [3.63, 3.8) is 0 Å². The standard InChI is InChI=1S/C18H22N2O3/c1-13(21)19-7-8-23-12-16(11-19)9-15-3-4-18-17(10-15)5-6-20(18)14(2)22/h3-6,10,16H,7-9,11-12H2,1-2H3. The second-order valence-electron chi connectivity index (χ2n) is 6.21. The van der Waals surface area contributed by atoms with E-state index in [1.165, 1.54) is 5.56 Å². The monoisotopic (exact) mass is 314 g/mol. The maximum Gasteiger partial charge on any atom is 0.227 e. The Kier molecular flexibility index (Phi) is 4.48. The van der Waals surface area contributed by atoms with Crippen LogP contribution in [0.15, 0.2) is 30.5 Å². The number of carbonyl (C=O) groups excluding carboxylic acids is 2. The van der Waals surface area contributed by atoms with Crippen LogP contribution in [-0.4, -0.2) is 47.6 Å². The van der Waals surface area contributed by atoms with E-state index in [-0.39, 0.29) is 11.8 Å². The highest BCUT2D eigenvalue weighted by Gasteiger charge is 2.20. The van der Waals surface area contributed by atoms with Gasteiger partial charge in [0.15, 0.2) is 0 Å². The van der Waals surface area contributed by atoms with Crippen molar-refractivity contribution in [3.8, 4) is 0 Å². The zero-order valence-corrected chi connectivity index (χ0v) is 13.6. The summed E-state index contributed by atoms with van der Waals surface area (Å²) in [6.07, 6.45) is 2.67. The number of hydrogen-bond acceptors (Lipinski definition) is 3. The molecule has 5 heteroatoms. The number of carbonyl (C=O) groups is 2. The van der Waals surface area contributed by atoms with Crippen molar-refractivity contribution < 1.29 is 14.3 Å². The Morgan fingerprint density at radius 2 is 2.04 bits per heavy atom. The molecule has 3 rings (SSSR count). The molecule has 1 aliphatic heterocycles. The first-order chi connectivity index (χ1) is 11.0. The quantitative estimate of drug-likeness (QED) is 0.855. The molecule has 2 aromatic rings. The van der Waals surface area contributed by atoms with Gasteiger partial charge in [-0.3, -0.25) is 14.2 Å². The van der Waals surface area contributed by atoms with E-state index in [4.69, 9.17) is 4.74 Å². The molecule has 1 amide bonds. The van der Waals surface area contributed by atoms with Crippen LogP contribution in [0.1, 0.15) is 24.2 Å². The molecule has 0 N–H and O–H groups in total. The minimum atomic E-state index is 0.0158. The fraction of sp³-hybridized carbons (Fsp3) is 0.444. The maximum atomic E-state index is 11.6. The molecule has 122 valence electrons. The molecule has 2 heterocycles. The average Bonchev–Trinajstić information content (AvgIpc) is 2.78. The number of amides is 1. The number of nitrogens with zero attached hydrogens (tertiary/aromatic N) is 2. The summed E-state index contributed by atoms with van der Waals surface area (Å²) in [6.45, 7) is 5.87. The SMILES string of the molecule is CC(=O)N1CCOCC(Cc2ccc3c(ccn3C(C)=O)c2)C1. The van der Waals surface area contributed by atoms with Gasteiger partial charge in [0.1, 0.15) is 0 Å². The van der Waals surface area contributed by atoms with Gasteiger partial charge in [-0.25, -0.2) is 0 Å². The molecule has 0 spiro atoms. The second-order valence-corrected chi connectivity index (χ2v) is 6.21. The molecule has 0 radical (unpaired) electrons. The molecule has 1 aromatic carbocycles. The van der Waals surface area contributed by atoms with Crippen LogP contribution in [0.2, 0.25) is 0 Å². The number of rotatable bonds is 2. The largest absolute Gasteiger partial charge is 0.379 e. The Labute approximate surface area is 135 Å². The Hall–Kier alpha value is -2.14. The minimum absolute atomic E-state index is 0.0158. The molecule has 1 aliphatic rings. The predicted octanol–water partition coefficient (Wildman–Crippen LogP) is 2.34. The van der Waals surface area contributed by atoms with Gasteiger partial charge < -0.3 is 9.64 Å². The smallest absolute Gasteiger partial charge is 0.227 e. The molecule has 0 bridgehead atoms. The number of ether oxygens (including phenoxy) is 1. The van der Waals surface area contributed by atoms with Crippen LogP contribution in [-0.2, 0) is 16.0 Å². The zero-order chi connectivity index (χ0) is 16.4. The van der Waals surface area contributed by atoms with E-state index in [1.807, 2.05) is 23.2 Å². The van der Waals surface area contributed by atoms with E-state index >= 15 is 0 Å². The summed E-state index contributed by atoms with van der Waals surface area (Å²) in [6, 6.07) is 8.14. The molecule has 0 saturated carbocycles. The van der Waals surface area contributed by atoms with Gasteiger partial charge in [0.05, 0.1) is 18.7 Å². The maximum absolute atomic E-state index is 11.6. The summed E-state index contributed by atoms with van der Waals surface area (Å²) in [5, 5.41) is 1.07. The molecule has 1 unspecified atom stereocenters. The number of aromatic nitrogens is 1. The van der Waals surface area contributed by atoms with E-state index in [9.17, 15) is 9.59 Å². The lowest BCUT2D eigenvalue weighted by Gasteiger charge is -2.22. The highest BCUT2D eigenvalue weighted by molar-refractivity contribution is 5.91. The van der Waals surface area contributed by atoms with E-state index in [2.05, 4.69) is 12.1 Å². The normalized spacial score (nSPS) is 18.9. The van der Waals surface area contributed by atoms with Gasteiger partial charge in [-0.2, -0.15) is 0 Å². The molecule has 1 atom stereocenters. The third-order valence-corrected chi connectivity index (χ3v) is 4.40. The van der Waals surface area contributed by atoms with E-state index in [0.717, 1.165) is 23.9 Å². The van der Waals surface area contributed by atoms with Gasteiger partial charge in [0.2, 0.25) is 11.8 Å². The first-order valence-electron chi connectivity index (χ1n) is 7.99. The Morgan fingerprint density at radius 1 is 1.22 bits per heavy atom. The highest BCUT2D eigenvalue weighted by Crippen LogP contribution is 2.21. The topological polar surface area (TPSA) is 51.5 Å². The molecule has 5 nitrogen and oxygen atoms in total. The Balaban J connectivity index is 1.78. The van der Waals surface area contributed by atoms with Crippen LogP contribution in [0.25, 0.3) is 10.9 Å². The number of benzene rings is 1. The fourth-order valence-corrected chi connectivity index (χ4v) is 3.22. The summed E-state index contributed by atoms with van der Waals surface area (Å²) in [7, 11) is 0. The predicted molar refractivity (Wildman–Crippen MR) is 88.5 cm³/mol. The van der Waals surface area contributed by atoms with Gasteiger partial charge in [-0.15, -0.1) is 0 Å². The van der Waals surface area contributed by atoms with Crippen LogP contribution in [0.3, 0.4) is 0 Å². The number of fused-ring (bicyclic) bond motifs is 1. The van der Waals surface area contributed by atoms with Crippen molar-refractivity contribution >= 4 is 22.7 Å². The van der Waals surface area contributed by atoms with Crippen LogP contribution in [0.4, 0.5) is 0 Å². The summed E-state index contributed by atoms with van der Waals surface area (Å²) >= 11 is 0. The Bertz CT molecular complexity index is 735. The lowest BCUT2D eigenvalue weighted by Crippen LogP contribution is -2.34. The first-order valence-corrected chi connectivity index (χ1v) is 7.99. The number of hydrogen-bond donors (Lipinski definition) is 0. The first kappa shape index (κ1) is 15.7. The summed E-state index contributed by atoms with van der Waals surface area (Å²) < 4.78 is 7.30. The Morgan fingerprint density at radius 3 is 2.78 bits per heavy atom. The van der Waals surface area contributed by atoms with Crippen molar-refractivity contribution in [1.82, 2.24) is 9.47 Å². The third kappa shape index (κ3) is 3.45. The highest BCUT2D eigenvalue weighted by atomic mass is 16.5. The van der Waals surface area contributed by atoms with Crippen LogP contribution in [0, 0.1) is 5.92 Å². The van der Waals surface area contributed by atoms with Crippen LogP contribution < -0.4 is 0 Å². The third-order valence-electron chi connectivity index (χ3n) is 4.40. The molecule has 1 aromatic heterocycles. The zero-order valence-electron chi connectivity index (χ0n) is 13.6. The molecule has 0 aliphatic carbocycles. The average molecular weight is 314 g/mol. The lowest BCUT2D eigenvalue weighted by molar-refractivity contribution is -0.129.